The number of benzene rings is 1. The van der Waals surface area contributed by atoms with Gasteiger partial charge in [0, 0.05) is 26.6 Å². The molecule has 1 aromatic heterocycles. The molecule has 2 unspecified atom stereocenters. The molecule has 122 valence electrons. The largest absolute Gasteiger partial charge is 0.347 e. The summed E-state index contributed by atoms with van der Waals surface area (Å²) in [5.41, 5.74) is 1.32. The van der Waals surface area contributed by atoms with Crippen LogP contribution in [0.5, 0.6) is 0 Å². The zero-order valence-electron chi connectivity index (χ0n) is 14.6. The first-order chi connectivity index (χ1) is 11.0. The van der Waals surface area contributed by atoms with E-state index in [9.17, 15) is 0 Å². The van der Waals surface area contributed by atoms with Gasteiger partial charge in [-0.05, 0) is 11.5 Å². The highest BCUT2D eigenvalue weighted by Crippen LogP contribution is 2.40. The van der Waals surface area contributed by atoms with Crippen LogP contribution in [-0.4, -0.2) is 35.6 Å². The third kappa shape index (κ3) is 3.00. The van der Waals surface area contributed by atoms with Crippen molar-refractivity contribution < 1.29 is 0 Å². The lowest BCUT2D eigenvalue weighted by Gasteiger charge is -2.47. The van der Waals surface area contributed by atoms with Crippen LogP contribution < -0.4 is 9.80 Å². The Morgan fingerprint density at radius 1 is 1.09 bits per heavy atom. The molecule has 0 spiro atoms. The average Bonchev–Trinajstić information content (AvgIpc) is 2.52. The van der Waals surface area contributed by atoms with Gasteiger partial charge < -0.3 is 9.80 Å². The van der Waals surface area contributed by atoms with Crippen LogP contribution in [0, 0.1) is 5.92 Å². The quantitative estimate of drug-likeness (QED) is 0.867. The Labute approximate surface area is 138 Å². The maximum absolute atomic E-state index is 4.72. The summed E-state index contributed by atoms with van der Waals surface area (Å²) >= 11 is 0. The molecule has 3 rings (SSSR count). The number of nitrogens with zero attached hydrogens (tertiary/aromatic N) is 5. The standard InChI is InChI=1S/C18H25N5/c1-12(2)16-19-17(22(4)5)21-18(20-16)23-11-13(3)15(23)14-9-7-6-8-10-14/h6-10,12-13,15H,11H2,1-5H3. The van der Waals surface area contributed by atoms with Crippen LogP contribution in [0.2, 0.25) is 0 Å². The highest BCUT2D eigenvalue weighted by atomic mass is 15.4. The average molecular weight is 311 g/mol. The van der Waals surface area contributed by atoms with E-state index in [1.807, 2.05) is 19.0 Å². The number of aromatic nitrogens is 3. The first kappa shape index (κ1) is 15.7. The summed E-state index contributed by atoms with van der Waals surface area (Å²) in [5.74, 6) is 3.25. The third-order valence-corrected chi connectivity index (χ3v) is 4.30. The van der Waals surface area contributed by atoms with Crippen molar-refractivity contribution in [2.24, 2.45) is 5.92 Å². The molecule has 1 aliphatic rings. The second-order valence-electron chi connectivity index (χ2n) is 6.83. The van der Waals surface area contributed by atoms with Gasteiger partial charge in [-0.3, -0.25) is 0 Å². The van der Waals surface area contributed by atoms with Crippen molar-refractivity contribution in [3.05, 3.63) is 41.7 Å². The molecule has 0 saturated carbocycles. The highest BCUT2D eigenvalue weighted by molar-refractivity contribution is 5.45. The van der Waals surface area contributed by atoms with Crippen molar-refractivity contribution >= 4 is 11.9 Å². The summed E-state index contributed by atoms with van der Waals surface area (Å²) in [4.78, 5) is 18.2. The second kappa shape index (κ2) is 6.14. The van der Waals surface area contributed by atoms with E-state index in [0.717, 1.165) is 24.3 Å². The summed E-state index contributed by atoms with van der Waals surface area (Å²) in [6.07, 6.45) is 0. The van der Waals surface area contributed by atoms with E-state index in [-0.39, 0.29) is 5.92 Å². The van der Waals surface area contributed by atoms with Gasteiger partial charge in [0.05, 0.1) is 6.04 Å². The molecule has 0 aliphatic carbocycles. The highest BCUT2D eigenvalue weighted by Gasteiger charge is 2.39. The van der Waals surface area contributed by atoms with E-state index in [1.165, 1.54) is 5.56 Å². The minimum atomic E-state index is 0.282. The summed E-state index contributed by atoms with van der Waals surface area (Å²) in [7, 11) is 3.94. The van der Waals surface area contributed by atoms with Crippen LogP contribution in [0.1, 0.15) is 44.1 Å². The minimum absolute atomic E-state index is 0.282. The van der Waals surface area contributed by atoms with E-state index in [2.05, 4.69) is 66.0 Å². The first-order valence-electron chi connectivity index (χ1n) is 8.22. The van der Waals surface area contributed by atoms with Gasteiger partial charge in [-0.1, -0.05) is 51.1 Å². The van der Waals surface area contributed by atoms with Crippen molar-refractivity contribution in [3.8, 4) is 0 Å². The van der Waals surface area contributed by atoms with Crippen LogP contribution in [-0.2, 0) is 0 Å². The van der Waals surface area contributed by atoms with E-state index in [1.54, 1.807) is 0 Å². The monoisotopic (exact) mass is 311 g/mol. The Balaban J connectivity index is 1.97. The molecule has 1 aromatic carbocycles. The van der Waals surface area contributed by atoms with Gasteiger partial charge in [-0.2, -0.15) is 15.0 Å². The van der Waals surface area contributed by atoms with Gasteiger partial charge in [0.2, 0.25) is 11.9 Å². The maximum atomic E-state index is 4.72. The van der Waals surface area contributed by atoms with Gasteiger partial charge in [0.15, 0.2) is 0 Å². The Morgan fingerprint density at radius 3 is 2.35 bits per heavy atom. The van der Waals surface area contributed by atoms with E-state index < -0.39 is 0 Å². The SMILES string of the molecule is CC(C)c1nc(N(C)C)nc(N2CC(C)C2c2ccccc2)n1. The molecule has 0 amide bonds. The smallest absolute Gasteiger partial charge is 0.230 e. The molecule has 0 radical (unpaired) electrons. The van der Waals surface area contributed by atoms with Gasteiger partial charge in [-0.25, -0.2) is 0 Å². The Bertz CT molecular complexity index is 642. The maximum Gasteiger partial charge on any atom is 0.230 e. The molecule has 5 nitrogen and oxygen atoms in total. The zero-order valence-corrected chi connectivity index (χ0v) is 14.6. The molecular formula is C18H25N5. The lowest BCUT2D eigenvalue weighted by molar-refractivity contribution is 0.318. The summed E-state index contributed by atoms with van der Waals surface area (Å²) in [6, 6.07) is 11.0. The predicted octanol–water partition coefficient (Wildman–Crippen LogP) is 3.26. The Hall–Kier alpha value is -2.17. The van der Waals surface area contributed by atoms with E-state index >= 15 is 0 Å². The van der Waals surface area contributed by atoms with Crippen LogP contribution in [0.4, 0.5) is 11.9 Å². The molecule has 1 saturated heterocycles. The van der Waals surface area contributed by atoms with Crippen LogP contribution >= 0.6 is 0 Å². The third-order valence-electron chi connectivity index (χ3n) is 4.30. The normalized spacial score (nSPS) is 20.5. The van der Waals surface area contributed by atoms with Gasteiger partial charge >= 0.3 is 0 Å². The van der Waals surface area contributed by atoms with Crippen molar-refractivity contribution in [2.45, 2.75) is 32.7 Å². The number of anilines is 2. The molecule has 0 bridgehead atoms. The molecule has 1 fully saturated rings. The van der Waals surface area contributed by atoms with Crippen LogP contribution in [0.25, 0.3) is 0 Å². The molecule has 2 heterocycles. The molecular weight excluding hydrogens is 286 g/mol. The lowest BCUT2D eigenvalue weighted by Crippen LogP contribution is -2.49. The lowest BCUT2D eigenvalue weighted by atomic mass is 9.85. The fourth-order valence-corrected chi connectivity index (χ4v) is 3.01. The van der Waals surface area contributed by atoms with Crippen molar-refractivity contribution in [1.29, 1.82) is 0 Å². The molecule has 0 N–H and O–H groups in total. The Kier molecular flexibility index (Phi) is 4.20. The van der Waals surface area contributed by atoms with Crippen LogP contribution in [0.15, 0.2) is 30.3 Å². The second-order valence-corrected chi connectivity index (χ2v) is 6.83. The number of rotatable bonds is 4. The van der Waals surface area contributed by atoms with E-state index in [0.29, 0.717) is 12.0 Å². The number of hydrogen-bond donors (Lipinski definition) is 0. The first-order valence-corrected chi connectivity index (χ1v) is 8.22. The Morgan fingerprint density at radius 2 is 1.78 bits per heavy atom. The van der Waals surface area contributed by atoms with Gasteiger partial charge in [0.25, 0.3) is 0 Å². The summed E-state index contributed by atoms with van der Waals surface area (Å²) in [5, 5.41) is 0. The number of hydrogen-bond acceptors (Lipinski definition) is 5. The van der Waals surface area contributed by atoms with Crippen molar-refractivity contribution in [1.82, 2.24) is 15.0 Å². The summed E-state index contributed by atoms with van der Waals surface area (Å²) in [6.45, 7) is 7.50. The topological polar surface area (TPSA) is 45.2 Å². The van der Waals surface area contributed by atoms with Crippen LogP contribution in [0.3, 0.4) is 0 Å². The molecule has 1 aliphatic heterocycles. The van der Waals surface area contributed by atoms with E-state index in [4.69, 9.17) is 4.98 Å². The summed E-state index contributed by atoms with van der Waals surface area (Å²) < 4.78 is 0. The van der Waals surface area contributed by atoms with Crippen molar-refractivity contribution in [2.75, 3.05) is 30.4 Å². The molecule has 2 aromatic rings. The van der Waals surface area contributed by atoms with Gasteiger partial charge in [-0.15, -0.1) is 0 Å². The zero-order chi connectivity index (χ0) is 16.6. The molecule has 2 atom stereocenters. The predicted molar refractivity (Wildman–Crippen MR) is 93.9 cm³/mol. The van der Waals surface area contributed by atoms with Crippen molar-refractivity contribution in [3.63, 3.8) is 0 Å². The van der Waals surface area contributed by atoms with Gasteiger partial charge in [0.1, 0.15) is 5.82 Å². The fourth-order valence-electron chi connectivity index (χ4n) is 3.01. The molecule has 5 heteroatoms. The minimum Gasteiger partial charge on any atom is -0.347 e. The molecule has 23 heavy (non-hydrogen) atoms. The fraction of sp³-hybridized carbons (Fsp3) is 0.500.